The number of halogens is 3. The molecule has 0 saturated carbocycles. The highest BCUT2D eigenvalue weighted by Crippen LogP contribution is 2.32. The van der Waals surface area contributed by atoms with E-state index in [-0.39, 0.29) is 41.6 Å². The van der Waals surface area contributed by atoms with Crippen LogP contribution in [0, 0.1) is 0 Å². The number of carbonyl (C=O) groups is 1. The van der Waals surface area contributed by atoms with Crippen LogP contribution in [0.1, 0.15) is 31.1 Å². The Morgan fingerprint density at radius 3 is 2.60 bits per heavy atom. The zero-order valence-corrected chi connectivity index (χ0v) is 21.4. The van der Waals surface area contributed by atoms with E-state index in [2.05, 4.69) is 35.3 Å². The zero-order chi connectivity index (χ0) is 28.4. The fourth-order valence-electron chi connectivity index (χ4n) is 3.83. The molecule has 0 saturated heterocycles. The summed E-state index contributed by atoms with van der Waals surface area (Å²) in [4.78, 5) is 33.0. The van der Waals surface area contributed by atoms with Gasteiger partial charge in [0.15, 0.2) is 23.0 Å². The van der Waals surface area contributed by atoms with E-state index in [4.69, 9.17) is 9.47 Å². The van der Waals surface area contributed by atoms with Gasteiger partial charge in [-0.3, -0.25) is 5.32 Å². The second-order valence-electron chi connectivity index (χ2n) is 8.77. The summed E-state index contributed by atoms with van der Waals surface area (Å²) in [5, 5.41) is 6.93. The monoisotopic (exact) mass is 553 g/mol. The topological polar surface area (TPSA) is 134 Å². The van der Waals surface area contributed by atoms with E-state index in [9.17, 15) is 18.0 Å². The van der Waals surface area contributed by atoms with Gasteiger partial charge in [0.1, 0.15) is 24.3 Å². The first-order valence-electron chi connectivity index (χ1n) is 11.9. The Morgan fingerprint density at radius 1 is 1.12 bits per heavy atom. The quantitative estimate of drug-likeness (QED) is 0.302. The summed E-state index contributed by atoms with van der Waals surface area (Å²) < 4.78 is 53.1. The highest BCUT2D eigenvalue weighted by molar-refractivity contribution is 5.88. The molecule has 5 rings (SSSR count). The van der Waals surface area contributed by atoms with E-state index >= 15 is 0 Å². The number of alkyl halides is 3. The van der Waals surface area contributed by atoms with Crippen LogP contribution in [0.2, 0.25) is 0 Å². The number of nitrogens with one attached hydrogen (secondary N) is 1. The number of methoxy groups -OCH3 is 1. The summed E-state index contributed by atoms with van der Waals surface area (Å²) in [6, 6.07) is 6.31. The van der Waals surface area contributed by atoms with Crippen molar-refractivity contribution >= 4 is 17.6 Å². The van der Waals surface area contributed by atoms with Gasteiger partial charge in [0.2, 0.25) is 5.88 Å². The van der Waals surface area contributed by atoms with Gasteiger partial charge in [0.25, 0.3) is 0 Å². The van der Waals surface area contributed by atoms with Crippen LogP contribution in [-0.2, 0) is 17.5 Å². The van der Waals surface area contributed by atoms with Crippen molar-refractivity contribution in [2.24, 2.45) is 0 Å². The normalized spacial score (nSPS) is 11.7. The van der Waals surface area contributed by atoms with Crippen LogP contribution in [0.3, 0.4) is 0 Å². The van der Waals surface area contributed by atoms with Crippen LogP contribution in [-0.4, -0.2) is 52.3 Å². The van der Waals surface area contributed by atoms with Gasteiger partial charge in [0.05, 0.1) is 7.11 Å². The largest absolute Gasteiger partial charge is 0.480 e. The average Bonchev–Trinajstić information content (AvgIpc) is 3.60. The molecular weight excluding hydrogens is 531 g/mol. The third-order valence-corrected chi connectivity index (χ3v) is 5.75. The van der Waals surface area contributed by atoms with Crippen molar-refractivity contribution in [3.05, 3.63) is 66.6 Å². The molecule has 0 aliphatic heterocycles. The number of amides is 1. The molecule has 0 bridgehead atoms. The average molecular weight is 554 g/mol. The lowest BCUT2D eigenvalue weighted by atomic mass is 10.1. The van der Waals surface area contributed by atoms with Crippen molar-refractivity contribution in [2.45, 2.75) is 32.7 Å². The first kappa shape index (κ1) is 26.5. The van der Waals surface area contributed by atoms with Gasteiger partial charge in [-0.2, -0.15) is 13.2 Å². The first-order chi connectivity index (χ1) is 19.1. The van der Waals surface area contributed by atoms with E-state index in [0.717, 1.165) is 6.20 Å². The predicted octanol–water partition coefficient (Wildman–Crippen LogP) is 4.80. The maximum atomic E-state index is 13.2. The Kier molecular flexibility index (Phi) is 7.02. The van der Waals surface area contributed by atoms with Crippen molar-refractivity contribution in [2.75, 3.05) is 12.4 Å². The van der Waals surface area contributed by atoms with Crippen LogP contribution in [0.5, 0.6) is 5.88 Å². The Balaban J connectivity index is 1.30. The number of nitrogens with zero attached hydrogens (tertiary/aromatic N) is 8. The third-order valence-electron chi connectivity index (χ3n) is 5.75. The van der Waals surface area contributed by atoms with E-state index < -0.39 is 18.0 Å². The summed E-state index contributed by atoms with van der Waals surface area (Å²) in [6.45, 7) is 3.43. The Morgan fingerprint density at radius 2 is 1.90 bits per heavy atom. The van der Waals surface area contributed by atoms with Crippen LogP contribution in [0.4, 0.5) is 23.8 Å². The maximum Gasteiger partial charge on any atom is 0.434 e. The molecule has 1 N–H and O–H groups in total. The van der Waals surface area contributed by atoms with E-state index in [1.54, 1.807) is 44.3 Å². The lowest BCUT2D eigenvalue weighted by molar-refractivity contribution is -0.140. The van der Waals surface area contributed by atoms with Gasteiger partial charge in [-0.1, -0.05) is 24.3 Å². The van der Waals surface area contributed by atoms with Gasteiger partial charge >= 0.3 is 12.3 Å². The van der Waals surface area contributed by atoms with E-state index in [1.807, 2.05) is 0 Å². The molecule has 4 aromatic heterocycles. The van der Waals surface area contributed by atoms with Crippen LogP contribution in [0.25, 0.3) is 28.4 Å². The highest BCUT2D eigenvalue weighted by Gasteiger charge is 2.35. The number of ether oxygens (including phenoxy) is 2. The molecule has 15 heteroatoms. The number of aromatic nitrogens is 8. The second kappa shape index (κ2) is 10.6. The minimum atomic E-state index is -4.55. The number of imidazole rings is 2. The number of fused-ring (bicyclic) bond motifs is 1. The SMILES string of the molecule is COc1ncncc1-c1nc(NC(=O)OCc2ccc(-c3nc(C(F)(F)F)cn3C(C)C)cc2)c2nccn2n1. The van der Waals surface area contributed by atoms with Crippen LogP contribution >= 0.6 is 0 Å². The molecule has 5 aromatic rings. The van der Waals surface area contributed by atoms with Crippen molar-refractivity contribution in [3.8, 4) is 28.7 Å². The summed E-state index contributed by atoms with van der Waals surface area (Å²) in [6.07, 6.45) is 1.51. The van der Waals surface area contributed by atoms with E-state index in [0.29, 0.717) is 16.7 Å². The minimum Gasteiger partial charge on any atom is -0.480 e. The van der Waals surface area contributed by atoms with E-state index in [1.165, 1.54) is 34.9 Å². The number of anilines is 1. The molecule has 1 amide bonds. The molecule has 206 valence electrons. The first-order valence-corrected chi connectivity index (χ1v) is 11.9. The fraction of sp³-hybridized carbons (Fsp3) is 0.240. The maximum absolute atomic E-state index is 13.2. The Bertz CT molecular complexity index is 1660. The van der Waals surface area contributed by atoms with Gasteiger partial charge in [-0.05, 0) is 19.4 Å². The molecular formula is C25H22F3N9O3. The molecule has 40 heavy (non-hydrogen) atoms. The minimum absolute atomic E-state index is 0.0854. The number of rotatable bonds is 7. The number of benzene rings is 1. The number of hydrogen-bond acceptors (Lipinski definition) is 9. The third kappa shape index (κ3) is 5.39. The predicted molar refractivity (Wildman–Crippen MR) is 135 cm³/mol. The number of carbonyl (C=O) groups excluding carboxylic acids is 1. The highest BCUT2D eigenvalue weighted by atomic mass is 19.4. The molecule has 0 aliphatic rings. The van der Waals surface area contributed by atoms with Gasteiger partial charge < -0.3 is 14.0 Å². The summed E-state index contributed by atoms with van der Waals surface area (Å²) in [5.41, 5.74) is 0.821. The summed E-state index contributed by atoms with van der Waals surface area (Å²) in [7, 11) is 1.45. The molecule has 1 aromatic carbocycles. The standard InChI is InChI=1S/C25H22F3N9O3/c1-14(2)36-11-18(25(26,27)28)32-21(36)16-6-4-15(5-7-16)12-40-24(38)34-20-22-30-8-9-37(22)35-19(33-20)17-10-29-13-31-23(17)39-3/h4-11,13-14H,12H2,1-3H3,(H,33,34,35,38). The van der Waals surface area contributed by atoms with Crippen molar-refractivity contribution in [1.82, 2.24) is 39.1 Å². The van der Waals surface area contributed by atoms with Crippen LogP contribution < -0.4 is 10.1 Å². The lowest BCUT2D eigenvalue weighted by Gasteiger charge is -2.12. The van der Waals surface area contributed by atoms with Crippen molar-refractivity contribution < 1.29 is 27.4 Å². The molecule has 0 atom stereocenters. The van der Waals surface area contributed by atoms with Crippen molar-refractivity contribution in [1.29, 1.82) is 0 Å². The zero-order valence-electron chi connectivity index (χ0n) is 21.4. The van der Waals surface area contributed by atoms with Crippen molar-refractivity contribution in [3.63, 3.8) is 0 Å². The molecule has 0 radical (unpaired) electrons. The molecule has 0 aliphatic carbocycles. The van der Waals surface area contributed by atoms with Gasteiger partial charge in [-0.25, -0.2) is 34.2 Å². The molecule has 0 fully saturated rings. The summed E-state index contributed by atoms with van der Waals surface area (Å²) in [5.74, 6) is 0.706. The molecule has 0 unspecified atom stereocenters. The second-order valence-corrected chi connectivity index (χ2v) is 8.77. The molecule has 4 heterocycles. The molecule has 12 nitrogen and oxygen atoms in total. The van der Waals surface area contributed by atoms with Gasteiger partial charge in [-0.15, -0.1) is 5.10 Å². The fourth-order valence-corrected chi connectivity index (χ4v) is 3.83. The Hall–Kier alpha value is -5.08. The summed E-state index contributed by atoms with van der Waals surface area (Å²) >= 11 is 0. The Labute approximate surface area is 224 Å². The number of hydrogen-bond donors (Lipinski definition) is 1. The molecule has 0 spiro atoms. The smallest absolute Gasteiger partial charge is 0.434 e. The lowest BCUT2D eigenvalue weighted by Crippen LogP contribution is -2.16. The van der Waals surface area contributed by atoms with Gasteiger partial charge in [0, 0.05) is 36.4 Å². The van der Waals surface area contributed by atoms with Crippen LogP contribution in [0.15, 0.2) is 55.4 Å².